The topological polar surface area (TPSA) is 78.8 Å². The first-order valence-corrected chi connectivity index (χ1v) is 9.53. The summed E-state index contributed by atoms with van der Waals surface area (Å²) in [6.07, 6.45) is 2.70. The van der Waals surface area contributed by atoms with Crippen LogP contribution in [0.4, 0.5) is 5.13 Å². The minimum Gasteiger partial charge on any atom is -0.481 e. The van der Waals surface area contributed by atoms with Gasteiger partial charge in [-0.25, -0.2) is 9.97 Å². The molecule has 0 amide bonds. The van der Waals surface area contributed by atoms with Gasteiger partial charge in [-0.15, -0.1) is 24.0 Å². The molecule has 3 heterocycles. The maximum Gasteiger partial charge on any atom is 0.212 e. The zero-order chi connectivity index (χ0) is 18.4. The summed E-state index contributed by atoms with van der Waals surface area (Å²) >= 11 is 1.49. The maximum atomic E-state index is 5.09. The number of halogens is 1. The van der Waals surface area contributed by atoms with Gasteiger partial charge in [0.2, 0.25) is 11.0 Å². The van der Waals surface area contributed by atoms with E-state index in [1.807, 2.05) is 25.4 Å². The van der Waals surface area contributed by atoms with E-state index in [1.54, 1.807) is 7.11 Å². The second-order valence-electron chi connectivity index (χ2n) is 5.93. The van der Waals surface area contributed by atoms with Gasteiger partial charge >= 0.3 is 0 Å². The highest BCUT2D eigenvalue weighted by Crippen LogP contribution is 2.19. The Morgan fingerprint density at radius 1 is 1.30 bits per heavy atom. The number of hydrogen-bond donors (Lipinski definition) is 1. The Morgan fingerprint density at radius 2 is 2.07 bits per heavy atom. The summed E-state index contributed by atoms with van der Waals surface area (Å²) in [7, 11) is 3.44. The van der Waals surface area contributed by atoms with Crippen molar-refractivity contribution < 1.29 is 4.74 Å². The van der Waals surface area contributed by atoms with Gasteiger partial charge in [0.15, 0.2) is 5.96 Å². The third-order valence-corrected chi connectivity index (χ3v) is 5.11. The van der Waals surface area contributed by atoms with E-state index in [-0.39, 0.29) is 24.0 Å². The van der Waals surface area contributed by atoms with E-state index in [2.05, 4.69) is 41.4 Å². The highest BCUT2D eigenvalue weighted by atomic mass is 127. The lowest BCUT2D eigenvalue weighted by atomic mass is 10.3. The Morgan fingerprint density at radius 3 is 2.63 bits per heavy atom. The van der Waals surface area contributed by atoms with Crippen LogP contribution in [-0.2, 0) is 13.0 Å². The van der Waals surface area contributed by atoms with Crippen molar-refractivity contribution in [2.75, 3.05) is 45.2 Å². The van der Waals surface area contributed by atoms with Crippen molar-refractivity contribution >= 4 is 46.6 Å². The Hall–Kier alpha value is -1.69. The third-order valence-electron chi connectivity index (χ3n) is 4.29. The average molecular weight is 503 g/mol. The van der Waals surface area contributed by atoms with Gasteiger partial charge in [-0.1, -0.05) is 13.0 Å². The SMILES string of the molecule is CCc1nsc(N2CCN(C(=NC)NCc3ccc(OC)nc3)CC2)n1.I. The number of nitrogens with zero attached hydrogens (tertiary/aromatic N) is 6. The number of hydrogen-bond acceptors (Lipinski definition) is 7. The summed E-state index contributed by atoms with van der Waals surface area (Å²) in [6, 6.07) is 3.87. The molecule has 0 atom stereocenters. The van der Waals surface area contributed by atoms with Gasteiger partial charge in [0, 0.05) is 70.0 Å². The minimum atomic E-state index is 0. The second kappa shape index (κ2) is 10.6. The fraction of sp³-hybridized carbons (Fsp3) is 0.529. The number of aryl methyl sites for hydroxylation is 1. The standard InChI is InChI=1S/C17H25N7OS.HI/c1-4-14-21-17(26-22-14)24-9-7-23(8-10-24)16(18-2)20-12-13-5-6-15(25-3)19-11-13;/h5-6,11H,4,7-10,12H2,1-3H3,(H,18,20);1H. The van der Waals surface area contributed by atoms with E-state index < -0.39 is 0 Å². The normalized spacial score (nSPS) is 14.7. The maximum absolute atomic E-state index is 5.09. The smallest absolute Gasteiger partial charge is 0.212 e. The fourth-order valence-corrected chi connectivity index (χ4v) is 3.58. The molecule has 1 aliphatic rings. The zero-order valence-corrected chi connectivity index (χ0v) is 19.0. The number of nitrogens with one attached hydrogen (secondary N) is 1. The number of anilines is 1. The summed E-state index contributed by atoms with van der Waals surface area (Å²) in [5.74, 6) is 2.46. The first-order chi connectivity index (χ1) is 12.7. The lowest BCUT2D eigenvalue weighted by Crippen LogP contribution is -2.52. The van der Waals surface area contributed by atoms with Crippen LogP contribution in [-0.4, -0.2) is 65.5 Å². The highest BCUT2D eigenvalue weighted by molar-refractivity contribution is 14.0. The van der Waals surface area contributed by atoms with Crippen LogP contribution in [0.2, 0.25) is 0 Å². The summed E-state index contributed by atoms with van der Waals surface area (Å²) < 4.78 is 9.47. The Labute approximate surface area is 181 Å². The lowest BCUT2D eigenvalue weighted by molar-refractivity contribution is 0.372. The molecular formula is C17H26IN7OS. The molecular weight excluding hydrogens is 477 g/mol. The number of aromatic nitrogens is 3. The van der Waals surface area contributed by atoms with Gasteiger partial charge in [0.05, 0.1) is 7.11 Å². The van der Waals surface area contributed by atoms with E-state index >= 15 is 0 Å². The molecule has 8 nitrogen and oxygen atoms in total. The van der Waals surface area contributed by atoms with E-state index in [9.17, 15) is 0 Å². The van der Waals surface area contributed by atoms with Gasteiger partial charge in [-0.3, -0.25) is 4.99 Å². The van der Waals surface area contributed by atoms with Gasteiger partial charge < -0.3 is 19.9 Å². The number of guanidine groups is 1. The molecule has 10 heteroatoms. The molecule has 1 aliphatic heterocycles. The molecule has 2 aromatic rings. The first kappa shape index (κ1) is 21.6. The molecule has 0 bridgehead atoms. The molecule has 0 spiro atoms. The Bertz CT molecular complexity index is 729. The quantitative estimate of drug-likeness (QED) is 0.380. The van der Waals surface area contributed by atoms with Crippen LogP contribution in [0.5, 0.6) is 5.88 Å². The van der Waals surface area contributed by atoms with Crippen LogP contribution in [0, 0.1) is 0 Å². The second-order valence-corrected chi connectivity index (χ2v) is 6.66. The number of aliphatic imine (C=N–C) groups is 1. The largest absolute Gasteiger partial charge is 0.481 e. The van der Waals surface area contributed by atoms with Gasteiger partial charge in [-0.05, 0) is 5.56 Å². The van der Waals surface area contributed by atoms with E-state index in [4.69, 9.17) is 4.74 Å². The fourth-order valence-electron chi connectivity index (χ4n) is 2.78. The van der Waals surface area contributed by atoms with Crippen LogP contribution >= 0.6 is 35.5 Å². The molecule has 1 fully saturated rings. The predicted octanol–water partition coefficient (Wildman–Crippen LogP) is 2.02. The van der Waals surface area contributed by atoms with Crippen molar-refractivity contribution in [3.05, 3.63) is 29.7 Å². The lowest BCUT2D eigenvalue weighted by Gasteiger charge is -2.36. The van der Waals surface area contributed by atoms with Crippen LogP contribution in [0.3, 0.4) is 0 Å². The summed E-state index contributed by atoms with van der Waals surface area (Å²) in [5, 5.41) is 4.43. The monoisotopic (exact) mass is 503 g/mol. The Kier molecular flexibility index (Phi) is 8.48. The zero-order valence-electron chi connectivity index (χ0n) is 15.9. The van der Waals surface area contributed by atoms with Crippen LogP contribution in [0.1, 0.15) is 18.3 Å². The van der Waals surface area contributed by atoms with Gasteiger partial charge in [0.1, 0.15) is 5.82 Å². The number of methoxy groups -OCH3 is 1. The molecule has 27 heavy (non-hydrogen) atoms. The van der Waals surface area contributed by atoms with Crippen molar-refractivity contribution in [3.63, 3.8) is 0 Å². The molecule has 0 aliphatic carbocycles. The molecule has 0 unspecified atom stereocenters. The minimum absolute atomic E-state index is 0. The summed E-state index contributed by atoms with van der Waals surface area (Å²) in [5.41, 5.74) is 1.09. The van der Waals surface area contributed by atoms with Crippen LogP contribution in [0.25, 0.3) is 0 Å². The first-order valence-electron chi connectivity index (χ1n) is 8.75. The third kappa shape index (κ3) is 5.64. The summed E-state index contributed by atoms with van der Waals surface area (Å²) in [4.78, 5) is 17.8. The highest BCUT2D eigenvalue weighted by Gasteiger charge is 2.21. The van der Waals surface area contributed by atoms with E-state index in [1.165, 1.54) is 11.5 Å². The van der Waals surface area contributed by atoms with E-state index in [0.717, 1.165) is 55.1 Å². The molecule has 1 saturated heterocycles. The molecule has 148 valence electrons. The van der Waals surface area contributed by atoms with Gasteiger partial charge in [-0.2, -0.15) is 4.37 Å². The van der Waals surface area contributed by atoms with E-state index in [0.29, 0.717) is 12.4 Å². The van der Waals surface area contributed by atoms with Crippen LogP contribution in [0.15, 0.2) is 23.3 Å². The molecule has 0 radical (unpaired) electrons. The van der Waals surface area contributed by atoms with Crippen LogP contribution < -0.4 is 15.0 Å². The predicted molar refractivity (Wildman–Crippen MR) is 119 cm³/mol. The van der Waals surface area contributed by atoms with Crippen molar-refractivity contribution in [1.29, 1.82) is 0 Å². The number of pyridine rings is 1. The van der Waals surface area contributed by atoms with Crippen molar-refractivity contribution in [2.24, 2.45) is 4.99 Å². The molecule has 3 rings (SSSR count). The number of rotatable bonds is 5. The molecule has 0 saturated carbocycles. The molecule has 0 aromatic carbocycles. The van der Waals surface area contributed by atoms with Crippen molar-refractivity contribution in [1.82, 2.24) is 24.6 Å². The van der Waals surface area contributed by atoms with Crippen molar-refractivity contribution in [3.8, 4) is 5.88 Å². The van der Waals surface area contributed by atoms with Gasteiger partial charge in [0.25, 0.3) is 0 Å². The molecule has 2 aromatic heterocycles. The van der Waals surface area contributed by atoms with Crippen molar-refractivity contribution in [2.45, 2.75) is 19.9 Å². The number of ether oxygens (including phenoxy) is 1. The molecule has 1 N–H and O–H groups in total. The number of piperazine rings is 1. The summed E-state index contributed by atoms with van der Waals surface area (Å²) in [6.45, 7) is 6.41. The Balaban J connectivity index is 0.00000261. The average Bonchev–Trinajstić information content (AvgIpc) is 3.19.